The molecule has 2 nitrogen and oxygen atoms in total. The fourth-order valence-electron chi connectivity index (χ4n) is 1.11. The van der Waals surface area contributed by atoms with Gasteiger partial charge in [-0.25, -0.2) is 0 Å². The van der Waals surface area contributed by atoms with Crippen LogP contribution in [0.5, 0.6) is 5.75 Å². The molecular weight excluding hydrogens is 314 g/mol. The number of alkyl halides is 1. The van der Waals surface area contributed by atoms with Gasteiger partial charge in [0.1, 0.15) is 5.75 Å². The molecule has 0 spiro atoms. The normalized spacial score (nSPS) is 12.3. The van der Waals surface area contributed by atoms with Crippen LogP contribution in [0.3, 0.4) is 0 Å². The molecule has 0 radical (unpaired) electrons. The second-order valence-electron chi connectivity index (χ2n) is 2.80. The summed E-state index contributed by atoms with van der Waals surface area (Å²) in [6, 6.07) is 5.46. The Morgan fingerprint density at radius 1 is 1.57 bits per heavy atom. The maximum absolute atomic E-state index is 11.7. The van der Waals surface area contributed by atoms with Gasteiger partial charge < -0.3 is 4.74 Å². The minimum absolute atomic E-state index is 0.103. The van der Waals surface area contributed by atoms with Gasteiger partial charge in [0.2, 0.25) is 0 Å². The highest BCUT2D eigenvalue weighted by molar-refractivity contribution is 14.1. The van der Waals surface area contributed by atoms with E-state index in [-0.39, 0.29) is 5.78 Å². The van der Waals surface area contributed by atoms with E-state index in [1.165, 1.54) is 0 Å². The van der Waals surface area contributed by atoms with E-state index in [2.05, 4.69) is 22.6 Å². The van der Waals surface area contributed by atoms with E-state index in [0.717, 1.165) is 3.57 Å². The zero-order valence-electron chi connectivity index (χ0n) is 7.88. The smallest absolute Gasteiger partial charge is 0.185 e. The van der Waals surface area contributed by atoms with E-state index in [4.69, 9.17) is 16.3 Å². The SMILES string of the molecule is COc1cccc(I)c1C(=O)C(C)Cl. The predicted octanol–water partition coefficient (Wildman–Crippen LogP) is 3.11. The number of carbonyl (C=O) groups excluding carboxylic acids is 1. The van der Waals surface area contributed by atoms with Crippen molar-refractivity contribution in [2.45, 2.75) is 12.3 Å². The molecule has 1 unspecified atom stereocenters. The summed E-state index contributed by atoms with van der Waals surface area (Å²) in [5, 5.41) is -0.528. The van der Waals surface area contributed by atoms with E-state index in [1.54, 1.807) is 20.1 Å². The molecule has 14 heavy (non-hydrogen) atoms. The summed E-state index contributed by atoms with van der Waals surface area (Å²) in [7, 11) is 1.54. The van der Waals surface area contributed by atoms with Crippen LogP contribution in [0.4, 0.5) is 0 Å². The molecule has 0 aliphatic rings. The standard InChI is InChI=1S/C10H10ClIO2/c1-6(11)10(13)9-7(12)4-3-5-8(9)14-2/h3-6H,1-2H3. The number of carbonyl (C=O) groups is 1. The molecule has 1 aromatic carbocycles. The van der Waals surface area contributed by atoms with Gasteiger partial charge in [0.15, 0.2) is 5.78 Å². The first-order valence-corrected chi connectivity index (χ1v) is 5.60. The van der Waals surface area contributed by atoms with Crippen molar-refractivity contribution in [1.29, 1.82) is 0 Å². The molecule has 1 atom stereocenters. The molecule has 0 aliphatic carbocycles. The number of halogens is 2. The van der Waals surface area contributed by atoms with Crippen molar-refractivity contribution in [2.75, 3.05) is 7.11 Å². The summed E-state index contributed by atoms with van der Waals surface area (Å²) < 4.78 is 5.97. The second kappa shape index (κ2) is 4.98. The number of methoxy groups -OCH3 is 1. The van der Waals surface area contributed by atoms with Gasteiger partial charge in [0.25, 0.3) is 0 Å². The van der Waals surface area contributed by atoms with Crippen LogP contribution in [-0.2, 0) is 0 Å². The molecular formula is C10H10ClIO2. The van der Waals surface area contributed by atoms with Crippen LogP contribution in [0.15, 0.2) is 18.2 Å². The molecule has 76 valence electrons. The summed E-state index contributed by atoms with van der Waals surface area (Å²) in [5.41, 5.74) is 0.568. The monoisotopic (exact) mass is 324 g/mol. The quantitative estimate of drug-likeness (QED) is 0.485. The van der Waals surface area contributed by atoms with Crippen LogP contribution in [-0.4, -0.2) is 18.3 Å². The number of hydrogen-bond donors (Lipinski definition) is 0. The molecule has 1 rings (SSSR count). The van der Waals surface area contributed by atoms with Gasteiger partial charge in [-0.2, -0.15) is 0 Å². The van der Waals surface area contributed by atoms with Crippen molar-refractivity contribution in [3.05, 3.63) is 27.3 Å². The second-order valence-corrected chi connectivity index (χ2v) is 4.61. The van der Waals surface area contributed by atoms with Crippen molar-refractivity contribution >= 4 is 40.0 Å². The minimum atomic E-state index is -0.528. The van der Waals surface area contributed by atoms with E-state index in [9.17, 15) is 4.79 Å². The van der Waals surface area contributed by atoms with Crippen LogP contribution in [0.1, 0.15) is 17.3 Å². The summed E-state index contributed by atoms with van der Waals surface area (Å²) >= 11 is 7.85. The third-order valence-corrected chi connectivity index (χ3v) is 2.90. The Kier molecular flexibility index (Phi) is 4.19. The molecule has 0 aromatic heterocycles. The third-order valence-electron chi connectivity index (χ3n) is 1.80. The van der Waals surface area contributed by atoms with Crippen molar-refractivity contribution in [1.82, 2.24) is 0 Å². The van der Waals surface area contributed by atoms with Gasteiger partial charge in [-0.05, 0) is 41.6 Å². The van der Waals surface area contributed by atoms with Gasteiger partial charge in [0, 0.05) is 3.57 Å². The highest BCUT2D eigenvalue weighted by Crippen LogP contribution is 2.25. The number of ether oxygens (including phenoxy) is 1. The van der Waals surface area contributed by atoms with Crippen LogP contribution in [0, 0.1) is 3.57 Å². The van der Waals surface area contributed by atoms with Gasteiger partial charge in [-0.15, -0.1) is 11.6 Å². The topological polar surface area (TPSA) is 26.3 Å². The summed E-state index contributed by atoms with van der Waals surface area (Å²) in [6.45, 7) is 1.66. The van der Waals surface area contributed by atoms with Crippen LogP contribution >= 0.6 is 34.2 Å². The first-order chi connectivity index (χ1) is 6.57. The highest BCUT2D eigenvalue weighted by Gasteiger charge is 2.19. The Hall–Kier alpha value is -0.290. The van der Waals surface area contributed by atoms with Crippen molar-refractivity contribution in [2.24, 2.45) is 0 Å². The van der Waals surface area contributed by atoms with Crippen molar-refractivity contribution in [3.63, 3.8) is 0 Å². The van der Waals surface area contributed by atoms with E-state index in [1.807, 2.05) is 12.1 Å². The lowest BCUT2D eigenvalue weighted by Crippen LogP contribution is -2.13. The van der Waals surface area contributed by atoms with Gasteiger partial charge in [-0.3, -0.25) is 4.79 Å². The van der Waals surface area contributed by atoms with E-state index >= 15 is 0 Å². The molecule has 0 bridgehead atoms. The lowest BCUT2D eigenvalue weighted by molar-refractivity contribution is 0.0988. The number of ketones is 1. The number of rotatable bonds is 3. The van der Waals surface area contributed by atoms with Gasteiger partial charge in [-0.1, -0.05) is 6.07 Å². The summed E-state index contributed by atoms with van der Waals surface area (Å²) in [5.74, 6) is 0.475. The largest absolute Gasteiger partial charge is 0.496 e. The molecule has 0 saturated heterocycles. The summed E-state index contributed by atoms with van der Waals surface area (Å²) in [4.78, 5) is 11.7. The lowest BCUT2D eigenvalue weighted by atomic mass is 10.1. The van der Waals surface area contributed by atoms with Gasteiger partial charge in [0.05, 0.1) is 18.1 Å². The highest BCUT2D eigenvalue weighted by atomic mass is 127. The molecule has 0 fully saturated rings. The number of hydrogen-bond acceptors (Lipinski definition) is 2. The molecule has 0 amide bonds. The minimum Gasteiger partial charge on any atom is -0.496 e. The first kappa shape index (κ1) is 11.8. The Morgan fingerprint density at radius 3 is 2.71 bits per heavy atom. The van der Waals surface area contributed by atoms with Gasteiger partial charge >= 0.3 is 0 Å². The molecule has 0 aliphatic heterocycles. The number of Topliss-reactive ketones (excluding diaryl/α,β-unsaturated/α-hetero) is 1. The predicted molar refractivity (Wildman–Crippen MR) is 65.4 cm³/mol. The van der Waals surface area contributed by atoms with Crippen LogP contribution in [0.25, 0.3) is 0 Å². The zero-order valence-corrected chi connectivity index (χ0v) is 10.8. The molecule has 0 N–H and O–H groups in total. The Labute approximate surface area is 102 Å². The molecule has 1 aromatic rings. The maximum atomic E-state index is 11.7. The Bertz CT molecular complexity index is 350. The lowest BCUT2D eigenvalue weighted by Gasteiger charge is -2.10. The van der Waals surface area contributed by atoms with Crippen LogP contribution in [0.2, 0.25) is 0 Å². The Balaban J connectivity index is 3.23. The molecule has 0 heterocycles. The fourth-order valence-corrected chi connectivity index (χ4v) is 1.96. The Morgan fingerprint density at radius 2 is 2.21 bits per heavy atom. The fraction of sp³-hybridized carbons (Fsp3) is 0.300. The summed E-state index contributed by atoms with van der Waals surface area (Å²) in [6.07, 6.45) is 0. The van der Waals surface area contributed by atoms with Crippen molar-refractivity contribution in [3.8, 4) is 5.75 Å². The first-order valence-electron chi connectivity index (χ1n) is 4.08. The average molecular weight is 325 g/mol. The zero-order chi connectivity index (χ0) is 10.7. The maximum Gasteiger partial charge on any atom is 0.185 e. The van der Waals surface area contributed by atoms with Crippen LogP contribution < -0.4 is 4.74 Å². The van der Waals surface area contributed by atoms with E-state index in [0.29, 0.717) is 11.3 Å². The third kappa shape index (κ3) is 2.39. The molecule has 0 saturated carbocycles. The van der Waals surface area contributed by atoms with E-state index < -0.39 is 5.38 Å². The molecule has 4 heteroatoms. The average Bonchev–Trinajstić information content (AvgIpc) is 2.16. The van der Waals surface area contributed by atoms with Crippen molar-refractivity contribution < 1.29 is 9.53 Å². The number of benzene rings is 1.